The summed E-state index contributed by atoms with van der Waals surface area (Å²) in [5.41, 5.74) is 4.52. The molecule has 0 aromatic heterocycles. The van der Waals surface area contributed by atoms with Crippen molar-refractivity contribution in [1.29, 1.82) is 0 Å². The van der Waals surface area contributed by atoms with Crippen molar-refractivity contribution in [3.05, 3.63) is 71.3 Å². The Bertz CT molecular complexity index is 841. The third-order valence-electron chi connectivity index (χ3n) is 6.82. The molecule has 1 unspecified atom stereocenters. The molecule has 1 aliphatic rings. The van der Waals surface area contributed by atoms with Gasteiger partial charge >= 0.3 is 5.97 Å². The van der Waals surface area contributed by atoms with Crippen molar-refractivity contribution in [3.8, 4) is 5.75 Å². The third-order valence-corrected chi connectivity index (χ3v) is 6.82. The summed E-state index contributed by atoms with van der Waals surface area (Å²) in [6.45, 7) is 6.79. The van der Waals surface area contributed by atoms with Crippen LogP contribution in [0.3, 0.4) is 0 Å². The first-order valence-corrected chi connectivity index (χ1v) is 12.2. The lowest BCUT2D eigenvalue weighted by atomic mass is 9.82. The van der Waals surface area contributed by atoms with E-state index in [1.807, 2.05) is 36.4 Å². The molecule has 1 aliphatic carbocycles. The van der Waals surface area contributed by atoms with Crippen LogP contribution in [-0.4, -0.2) is 5.97 Å². The normalized spacial score (nSPS) is 16.3. The molecule has 0 heterocycles. The van der Waals surface area contributed by atoms with Crippen LogP contribution >= 0.6 is 0 Å². The SMILES string of the molecule is CCCc1ccc(OC(=O)c2ccc(C3=CCC(CCC(CC)CC)CC3)cc2)cc1. The highest BCUT2D eigenvalue weighted by Gasteiger charge is 2.17. The fourth-order valence-electron chi connectivity index (χ4n) is 4.58. The number of ether oxygens (including phenoxy) is 1. The van der Waals surface area contributed by atoms with Crippen molar-refractivity contribution in [2.45, 2.75) is 78.6 Å². The summed E-state index contributed by atoms with van der Waals surface area (Å²) in [6.07, 6.45) is 13.5. The van der Waals surface area contributed by atoms with Gasteiger partial charge in [0.05, 0.1) is 5.56 Å². The van der Waals surface area contributed by atoms with E-state index in [-0.39, 0.29) is 5.97 Å². The fourth-order valence-corrected chi connectivity index (χ4v) is 4.58. The molecule has 0 radical (unpaired) electrons. The lowest BCUT2D eigenvalue weighted by Crippen LogP contribution is -2.09. The lowest BCUT2D eigenvalue weighted by molar-refractivity contribution is 0.0734. The highest BCUT2D eigenvalue weighted by molar-refractivity contribution is 5.91. The molecule has 0 spiro atoms. The van der Waals surface area contributed by atoms with E-state index in [1.54, 1.807) is 0 Å². The maximum Gasteiger partial charge on any atom is 0.343 e. The Balaban J connectivity index is 1.53. The summed E-state index contributed by atoms with van der Waals surface area (Å²) in [7, 11) is 0. The van der Waals surface area contributed by atoms with Gasteiger partial charge in [-0.3, -0.25) is 0 Å². The summed E-state index contributed by atoms with van der Waals surface area (Å²) in [5.74, 6) is 2.03. The maximum absolute atomic E-state index is 12.5. The molecule has 0 fully saturated rings. The summed E-state index contributed by atoms with van der Waals surface area (Å²) < 4.78 is 5.54. The first kappa shape index (κ1) is 23.3. The topological polar surface area (TPSA) is 26.3 Å². The number of carbonyl (C=O) groups is 1. The van der Waals surface area contributed by atoms with Gasteiger partial charge in [0, 0.05) is 0 Å². The van der Waals surface area contributed by atoms with Gasteiger partial charge in [-0.2, -0.15) is 0 Å². The number of rotatable bonds is 10. The Kier molecular flexibility index (Phi) is 8.94. The molecule has 2 aromatic carbocycles. The number of aryl methyl sites for hydroxylation is 1. The van der Waals surface area contributed by atoms with Gasteiger partial charge < -0.3 is 4.74 Å². The van der Waals surface area contributed by atoms with E-state index in [0.29, 0.717) is 11.3 Å². The average molecular weight is 419 g/mol. The highest BCUT2D eigenvalue weighted by atomic mass is 16.5. The number of esters is 1. The molecular formula is C29H38O2. The monoisotopic (exact) mass is 418 g/mol. The first-order valence-electron chi connectivity index (χ1n) is 12.2. The van der Waals surface area contributed by atoms with Crippen LogP contribution in [0.1, 0.15) is 93.6 Å². The zero-order chi connectivity index (χ0) is 22.1. The Labute approximate surface area is 188 Å². The van der Waals surface area contributed by atoms with E-state index in [9.17, 15) is 4.79 Å². The fraction of sp³-hybridized carbons (Fsp3) is 0.483. The number of allylic oxidation sites excluding steroid dienone is 2. The summed E-state index contributed by atoms with van der Waals surface area (Å²) >= 11 is 0. The first-order chi connectivity index (χ1) is 15.1. The Morgan fingerprint density at radius 2 is 1.71 bits per heavy atom. The largest absolute Gasteiger partial charge is 0.423 e. The molecule has 2 heteroatoms. The molecule has 1 atom stereocenters. The van der Waals surface area contributed by atoms with Crippen molar-refractivity contribution in [3.63, 3.8) is 0 Å². The zero-order valence-corrected chi connectivity index (χ0v) is 19.5. The van der Waals surface area contributed by atoms with Crippen LogP contribution in [0.2, 0.25) is 0 Å². The van der Waals surface area contributed by atoms with Crippen LogP contribution in [0.5, 0.6) is 5.75 Å². The minimum Gasteiger partial charge on any atom is -0.423 e. The van der Waals surface area contributed by atoms with E-state index in [2.05, 4.69) is 39.0 Å². The van der Waals surface area contributed by atoms with Crippen molar-refractivity contribution >= 4 is 11.5 Å². The number of benzene rings is 2. The zero-order valence-electron chi connectivity index (χ0n) is 19.5. The van der Waals surface area contributed by atoms with Crippen LogP contribution in [0.4, 0.5) is 0 Å². The van der Waals surface area contributed by atoms with Gasteiger partial charge in [-0.15, -0.1) is 0 Å². The molecular weight excluding hydrogens is 380 g/mol. The Morgan fingerprint density at radius 3 is 2.29 bits per heavy atom. The lowest BCUT2D eigenvalue weighted by Gasteiger charge is -2.24. The van der Waals surface area contributed by atoms with E-state index < -0.39 is 0 Å². The van der Waals surface area contributed by atoms with Crippen LogP contribution < -0.4 is 4.74 Å². The molecule has 0 saturated carbocycles. The van der Waals surface area contributed by atoms with Gasteiger partial charge in [0.1, 0.15) is 5.75 Å². The van der Waals surface area contributed by atoms with Crippen LogP contribution in [0.15, 0.2) is 54.6 Å². The number of carbonyl (C=O) groups excluding carboxylic acids is 1. The van der Waals surface area contributed by atoms with Crippen LogP contribution in [0, 0.1) is 11.8 Å². The van der Waals surface area contributed by atoms with Gasteiger partial charge in [-0.25, -0.2) is 4.79 Å². The smallest absolute Gasteiger partial charge is 0.343 e. The highest BCUT2D eigenvalue weighted by Crippen LogP contribution is 2.34. The second-order valence-electron chi connectivity index (χ2n) is 8.99. The number of hydrogen-bond donors (Lipinski definition) is 0. The second-order valence-corrected chi connectivity index (χ2v) is 8.99. The standard InChI is InChI=1S/C29H38O2/c1-4-7-23-12-20-28(21-13-23)31-29(30)27-18-16-26(17-19-27)25-14-10-24(11-15-25)9-8-22(5-2)6-3/h12-14,16-22,24H,4-11,15H2,1-3H3. The molecule has 2 nitrogen and oxygen atoms in total. The van der Waals surface area contributed by atoms with Gasteiger partial charge in [0.2, 0.25) is 0 Å². The van der Waals surface area contributed by atoms with E-state index in [0.717, 1.165) is 31.1 Å². The Morgan fingerprint density at radius 1 is 1.00 bits per heavy atom. The van der Waals surface area contributed by atoms with E-state index in [1.165, 1.54) is 55.2 Å². The van der Waals surface area contributed by atoms with E-state index >= 15 is 0 Å². The molecule has 0 aliphatic heterocycles. The maximum atomic E-state index is 12.5. The van der Waals surface area contributed by atoms with Crippen molar-refractivity contribution in [2.75, 3.05) is 0 Å². The predicted molar refractivity (Wildman–Crippen MR) is 130 cm³/mol. The van der Waals surface area contributed by atoms with Crippen LogP contribution in [0.25, 0.3) is 5.57 Å². The molecule has 0 saturated heterocycles. The molecule has 2 aromatic rings. The third kappa shape index (κ3) is 6.82. The minimum absolute atomic E-state index is 0.297. The van der Waals surface area contributed by atoms with Gasteiger partial charge in [-0.1, -0.05) is 76.8 Å². The predicted octanol–water partition coefficient (Wildman–Crippen LogP) is 8.26. The quantitative estimate of drug-likeness (QED) is 0.287. The van der Waals surface area contributed by atoms with Crippen molar-refractivity contribution in [1.82, 2.24) is 0 Å². The molecule has 0 bridgehead atoms. The molecule has 31 heavy (non-hydrogen) atoms. The molecule has 0 amide bonds. The Hall–Kier alpha value is -2.35. The number of hydrogen-bond acceptors (Lipinski definition) is 2. The second kappa shape index (κ2) is 11.9. The van der Waals surface area contributed by atoms with E-state index in [4.69, 9.17) is 4.74 Å². The van der Waals surface area contributed by atoms with Gasteiger partial charge in [0.15, 0.2) is 0 Å². The average Bonchev–Trinajstić information content (AvgIpc) is 2.82. The molecule has 166 valence electrons. The van der Waals surface area contributed by atoms with Crippen LogP contribution in [-0.2, 0) is 6.42 Å². The van der Waals surface area contributed by atoms with Gasteiger partial charge in [-0.05, 0) is 84.9 Å². The molecule has 0 N–H and O–H groups in total. The summed E-state index contributed by atoms with van der Waals surface area (Å²) in [4.78, 5) is 12.5. The molecule has 3 rings (SSSR count). The van der Waals surface area contributed by atoms with Crippen molar-refractivity contribution < 1.29 is 9.53 Å². The minimum atomic E-state index is -0.297. The summed E-state index contributed by atoms with van der Waals surface area (Å²) in [6, 6.07) is 15.7. The van der Waals surface area contributed by atoms with Gasteiger partial charge in [0.25, 0.3) is 0 Å². The summed E-state index contributed by atoms with van der Waals surface area (Å²) in [5, 5.41) is 0. The van der Waals surface area contributed by atoms with Crippen molar-refractivity contribution in [2.24, 2.45) is 11.8 Å².